The standard InChI is InChI=1S/C16H15NO2/c18-16(10-12-2-1-9-17-11-12)13-3-5-14(6-4-13)19-15-7-8-15/h1-6,9,11,15H,7-8,10H2. The van der Waals surface area contributed by atoms with Gasteiger partial charge in [0.25, 0.3) is 0 Å². The van der Waals surface area contributed by atoms with Crippen LogP contribution < -0.4 is 4.74 Å². The second kappa shape index (κ2) is 5.22. The van der Waals surface area contributed by atoms with Crippen molar-refractivity contribution >= 4 is 5.78 Å². The van der Waals surface area contributed by atoms with Crippen LogP contribution in [0.4, 0.5) is 0 Å². The van der Waals surface area contributed by atoms with Crippen molar-refractivity contribution in [2.24, 2.45) is 0 Å². The molecule has 1 aliphatic carbocycles. The van der Waals surface area contributed by atoms with Crippen molar-refractivity contribution in [3.05, 3.63) is 59.9 Å². The minimum absolute atomic E-state index is 0.103. The van der Waals surface area contributed by atoms with E-state index in [1.54, 1.807) is 12.4 Å². The third kappa shape index (κ3) is 3.19. The van der Waals surface area contributed by atoms with Crippen LogP contribution in [0.2, 0.25) is 0 Å². The maximum atomic E-state index is 12.1. The summed E-state index contributed by atoms with van der Waals surface area (Å²) in [4.78, 5) is 16.1. The fraction of sp³-hybridized carbons (Fsp3) is 0.250. The third-order valence-electron chi connectivity index (χ3n) is 3.09. The van der Waals surface area contributed by atoms with Crippen LogP contribution >= 0.6 is 0 Å². The van der Waals surface area contributed by atoms with E-state index in [9.17, 15) is 4.79 Å². The topological polar surface area (TPSA) is 39.2 Å². The predicted molar refractivity (Wildman–Crippen MR) is 72.4 cm³/mol. The molecule has 1 aromatic heterocycles. The summed E-state index contributed by atoms with van der Waals surface area (Å²) in [6.45, 7) is 0. The van der Waals surface area contributed by atoms with Gasteiger partial charge in [0.15, 0.2) is 5.78 Å². The zero-order valence-electron chi connectivity index (χ0n) is 10.6. The van der Waals surface area contributed by atoms with E-state index < -0.39 is 0 Å². The van der Waals surface area contributed by atoms with E-state index in [0.717, 1.165) is 24.2 Å². The SMILES string of the molecule is O=C(Cc1cccnc1)c1ccc(OC2CC2)cc1. The summed E-state index contributed by atoms with van der Waals surface area (Å²) < 4.78 is 5.66. The zero-order valence-corrected chi connectivity index (χ0v) is 10.6. The van der Waals surface area contributed by atoms with Gasteiger partial charge in [0.2, 0.25) is 0 Å². The van der Waals surface area contributed by atoms with Gasteiger partial charge in [-0.3, -0.25) is 9.78 Å². The molecule has 0 bridgehead atoms. The number of nitrogens with zero attached hydrogens (tertiary/aromatic N) is 1. The van der Waals surface area contributed by atoms with Gasteiger partial charge < -0.3 is 4.74 Å². The number of ketones is 1. The largest absolute Gasteiger partial charge is 0.490 e. The Labute approximate surface area is 112 Å². The quantitative estimate of drug-likeness (QED) is 0.769. The minimum atomic E-state index is 0.103. The Kier molecular flexibility index (Phi) is 3.27. The first kappa shape index (κ1) is 11.9. The second-order valence-corrected chi connectivity index (χ2v) is 4.80. The fourth-order valence-corrected chi connectivity index (χ4v) is 1.89. The van der Waals surface area contributed by atoms with Gasteiger partial charge in [-0.2, -0.15) is 0 Å². The summed E-state index contributed by atoms with van der Waals surface area (Å²) in [5.41, 5.74) is 1.65. The predicted octanol–water partition coefficient (Wildman–Crippen LogP) is 3.05. The van der Waals surface area contributed by atoms with Gasteiger partial charge in [-0.15, -0.1) is 0 Å². The highest BCUT2D eigenvalue weighted by Gasteiger charge is 2.23. The van der Waals surface area contributed by atoms with Crippen molar-refractivity contribution in [3.63, 3.8) is 0 Å². The van der Waals surface area contributed by atoms with Gasteiger partial charge >= 0.3 is 0 Å². The fourth-order valence-electron chi connectivity index (χ4n) is 1.89. The summed E-state index contributed by atoms with van der Waals surface area (Å²) in [7, 11) is 0. The Bertz CT molecular complexity index is 559. The summed E-state index contributed by atoms with van der Waals surface area (Å²) >= 11 is 0. The van der Waals surface area contributed by atoms with Crippen molar-refractivity contribution in [3.8, 4) is 5.75 Å². The van der Waals surface area contributed by atoms with Crippen molar-refractivity contribution in [1.82, 2.24) is 4.98 Å². The van der Waals surface area contributed by atoms with Gasteiger partial charge in [0, 0.05) is 24.4 Å². The zero-order chi connectivity index (χ0) is 13.1. The lowest BCUT2D eigenvalue weighted by molar-refractivity contribution is 0.0993. The van der Waals surface area contributed by atoms with E-state index in [-0.39, 0.29) is 5.78 Å². The van der Waals surface area contributed by atoms with Crippen LogP contribution in [0.25, 0.3) is 0 Å². The molecule has 1 saturated carbocycles. The van der Waals surface area contributed by atoms with E-state index in [1.165, 1.54) is 0 Å². The highest BCUT2D eigenvalue weighted by molar-refractivity contribution is 5.97. The Morgan fingerprint density at radius 1 is 1.21 bits per heavy atom. The van der Waals surface area contributed by atoms with Crippen LogP contribution in [0.15, 0.2) is 48.8 Å². The molecule has 19 heavy (non-hydrogen) atoms. The number of aromatic nitrogens is 1. The lowest BCUT2D eigenvalue weighted by atomic mass is 10.0. The van der Waals surface area contributed by atoms with E-state index in [0.29, 0.717) is 18.1 Å². The van der Waals surface area contributed by atoms with E-state index in [1.807, 2.05) is 36.4 Å². The molecular formula is C16H15NO2. The van der Waals surface area contributed by atoms with Crippen LogP contribution in [0.1, 0.15) is 28.8 Å². The molecule has 0 N–H and O–H groups in total. The average Bonchev–Trinajstić information content (AvgIpc) is 3.25. The molecule has 0 spiro atoms. The number of rotatable bonds is 5. The van der Waals surface area contributed by atoms with Crippen molar-refractivity contribution in [2.75, 3.05) is 0 Å². The molecule has 3 nitrogen and oxygen atoms in total. The average molecular weight is 253 g/mol. The maximum Gasteiger partial charge on any atom is 0.167 e. The number of pyridine rings is 1. The Morgan fingerprint density at radius 2 is 2.00 bits per heavy atom. The second-order valence-electron chi connectivity index (χ2n) is 4.80. The maximum absolute atomic E-state index is 12.1. The summed E-state index contributed by atoms with van der Waals surface area (Å²) in [6, 6.07) is 11.2. The van der Waals surface area contributed by atoms with Gasteiger partial charge in [0.1, 0.15) is 5.75 Å². The molecule has 1 fully saturated rings. The number of hydrogen-bond donors (Lipinski definition) is 0. The number of hydrogen-bond acceptors (Lipinski definition) is 3. The molecule has 2 aromatic rings. The molecule has 0 unspecified atom stereocenters. The summed E-state index contributed by atoms with van der Waals surface area (Å²) in [5.74, 6) is 0.950. The van der Waals surface area contributed by atoms with Gasteiger partial charge in [-0.25, -0.2) is 0 Å². The number of benzene rings is 1. The monoisotopic (exact) mass is 253 g/mol. The molecule has 3 rings (SSSR count). The van der Waals surface area contributed by atoms with Crippen LogP contribution in [0.3, 0.4) is 0 Å². The number of carbonyl (C=O) groups is 1. The van der Waals surface area contributed by atoms with Crippen LogP contribution in [-0.2, 0) is 6.42 Å². The Balaban J connectivity index is 1.65. The number of carbonyl (C=O) groups excluding carboxylic acids is 1. The van der Waals surface area contributed by atoms with Gasteiger partial charge in [-0.05, 0) is 48.7 Å². The van der Waals surface area contributed by atoms with Crippen LogP contribution in [0, 0.1) is 0 Å². The highest BCUT2D eigenvalue weighted by atomic mass is 16.5. The molecule has 1 heterocycles. The van der Waals surface area contributed by atoms with Crippen molar-refractivity contribution in [2.45, 2.75) is 25.4 Å². The molecule has 0 atom stereocenters. The molecule has 1 aromatic carbocycles. The number of ether oxygens (including phenoxy) is 1. The Hall–Kier alpha value is -2.16. The van der Waals surface area contributed by atoms with Crippen LogP contribution in [0.5, 0.6) is 5.75 Å². The first-order valence-electron chi connectivity index (χ1n) is 6.50. The Morgan fingerprint density at radius 3 is 2.63 bits per heavy atom. The first-order valence-corrected chi connectivity index (χ1v) is 6.50. The molecular weight excluding hydrogens is 238 g/mol. The van der Waals surface area contributed by atoms with E-state index in [2.05, 4.69) is 4.98 Å². The lowest BCUT2D eigenvalue weighted by Crippen LogP contribution is -2.04. The highest BCUT2D eigenvalue weighted by Crippen LogP contribution is 2.26. The molecule has 1 aliphatic rings. The first-order chi connectivity index (χ1) is 9.31. The summed E-state index contributed by atoms with van der Waals surface area (Å²) in [6.07, 6.45) is 6.48. The molecule has 0 saturated heterocycles. The van der Waals surface area contributed by atoms with E-state index >= 15 is 0 Å². The van der Waals surface area contributed by atoms with Crippen molar-refractivity contribution < 1.29 is 9.53 Å². The lowest BCUT2D eigenvalue weighted by Gasteiger charge is -2.05. The minimum Gasteiger partial charge on any atom is -0.490 e. The number of Topliss-reactive ketones (excluding diaryl/α,β-unsaturated/α-hetero) is 1. The molecule has 0 aliphatic heterocycles. The molecule has 3 heteroatoms. The van der Waals surface area contributed by atoms with Crippen molar-refractivity contribution in [1.29, 1.82) is 0 Å². The smallest absolute Gasteiger partial charge is 0.167 e. The van der Waals surface area contributed by atoms with Crippen LogP contribution in [-0.4, -0.2) is 16.9 Å². The van der Waals surface area contributed by atoms with Gasteiger partial charge in [0.05, 0.1) is 6.10 Å². The third-order valence-corrected chi connectivity index (χ3v) is 3.09. The van der Waals surface area contributed by atoms with E-state index in [4.69, 9.17) is 4.74 Å². The normalized spacial score (nSPS) is 14.1. The molecule has 0 amide bonds. The summed E-state index contributed by atoms with van der Waals surface area (Å²) in [5, 5.41) is 0. The molecule has 0 radical (unpaired) electrons. The van der Waals surface area contributed by atoms with Gasteiger partial charge in [-0.1, -0.05) is 6.07 Å². The molecule has 96 valence electrons.